The lowest BCUT2D eigenvalue weighted by molar-refractivity contribution is 0.0953. The van der Waals surface area contributed by atoms with Crippen LogP contribution in [0.5, 0.6) is 0 Å². The number of rotatable bonds is 5. The largest absolute Gasteiger partial charge is 0.382 e. The lowest BCUT2D eigenvalue weighted by Crippen LogP contribution is -2.29. The number of anilines is 2. The van der Waals surface area contributed by atoms with Gasteiger partial charge in [-0.15, -0.1) is 0 Å². The minimum absolute atomic E-state index is 0.106. The molecule has 0 saturated carbocycles. The lowest BCUT2D eigenvalue weighted by atomic mass is 10.1. The van der Waals surface area contributed by atoms with E-state index in [1.54, 1.807) is 0 Å². The molecule has 1 atom stereocenters. The predicted molar refractivity (Wildman–Crippen MR) is 78.5 cm³/mol. The number of hydrogen-bond donors (Lipinski definition) is 3. The number of nitrogens with one attached hydrogen (secondary N) is 2. The fourth-order valence-electron chi connectivity index (χ4n) is 1.78. The Labute approximate surface area is 115 Å². The van der Waals surface area contributed by atoms with Crippen molar-refractivity contribution >= 4 is 40.0 Å². The molecular formula is C11H18N4OS2. The van der Waals surface area contributed by atoms with Gasteiger partial charge in [0.05, 0.1) is 0 Å². The zero-order valence-corrected chi connectivity index (χ0v) is 12.0. The van der Waals surface area contributed by atoms with E-state index in [9.17, 15) is 4.79 Å². The number of amides is 1. The van der Waals surface area contributed by atoms with Gasteiger partial charge in [0.2, 0.25) is 0 Å². The maximum atomic E-state index is 12.0. The van der Waals surface area contributed by atoms with Gasteiger partial charge in [-0.05, 0) is 30.8 Å². The van der Waals surface area contributed by atoms with Crippen LogP contribution in [0.15, 0.2) is 0 Å². The summed E-state index contributed by atoms with van der Waals surface area (Å²) in [6.07, 6.45) is 1.19. The van der Waals surface area contributed by atoms with Crippen LogP contribution in [0.2, 0.25) is 0 Å². The molecule has 0 aromatic carbocycles. The van der Waals surface area contributed by atoms with E-state index in [1.807, 2.05) is 18.7 Å². The molecule has 1 aromatic heterocycles. The molecule has 1 amide bonds. The number of thiazole rings is 1. The smallest absolute Gasteiger partial charge is 0.265 e. The molecule has 1 aliphatic rings. The van der Waals surface area contributed by atoms with Crippen molar-refractivity contribution in [3.05, 3.63) is 4.88 Å². The van der Waals surface area contributed by atoms with Gasteiger partial charge in [-0.3, -0.25) is 4.79 Å². The monoisotopic (exact) mass is 286 g/mol. The maximum Gasteiger partial charge on any atom is 0.265 e. The Hall–Kier alpha value is -0.950. The van der Waals surface area contributed by atoms with Gasteiger partial charge < -0.3 is 16.4 Å². The van der Waals surface area contributed by atoms with E-state index in [-0.39, 0.29) is 5.91 Å². The number of nitrogens with two attached hydrogens (primary N) is 1. The Balaban J connectivity index is 1.91. The first-order chi connectivity index (χ1) is 8.70. The standard InChI is InChI=1S/C11H18N4OS2/c1-2-13-11-15-9(12)8(18-11)10(16)14-5-7-3-4-17-6-7/h7H,2-6,12H2,1H3,(H,13,15)(H,14,16). The molecule has 2 rings (SSSR count). The number of hydrogen-bond acceptors (Lipinski definition) is 6. The molecule has 100 valence electrons. The summed E-state index contributed by atoms with van der Waals surface area (Å²) in [7, 11) is 0. The Morgan fingerprint density at radius 2 is 2.44 bits per heavy atom. The summed E-state index contributed by atoms with van der Waals surface area (Å²) in [5.41, 5.74) is 5.75. The summed E-state index contributed by atoms with van der Waals surface area (Å²) in [5, 5.41) is 6.72. The summed E-state index contributed by atoms with van der Waals surface area (Å²) in [6, 6.07) is 0. The lowest BCUT2D eigenvalue weighted by Gasteiger charge is -2.08. The van der Waals surface area contributed by atoms with Crippen LogP contribution in [0, 0.1) is 5.92 Å². The fourth-order valence-corrected chi connectivity index (χ4v) is 3.94. The third-order valence-corrected chi connectivity index (χ3v) is 5.02. The Kier molecular flexibility index (Phi) is 4.71. The van der Waals surface area contributed by atoms with E-state index < -0.39 is 0 Å². The summed E-state index contributed by atoms with van der Waals surface area (Å²) in [4.78, 5) is 16.6. The fraction of sp³-hybridized carbons (Fsp3) is 0.636. The first kappa shape index (κ1) is 13.5. The van der Waals surface area contributed by atoms with Crippen LogP contribution >= 0.6 is 23.1 Å². The number of nitrogens with zero attached hydrogens (tertiary/aromatic N) is 1. The summed E-state index contributed by atoms with van der Waals surface area (Å²) in [5.74, 6) is 3.15. The van der Waals surface area contributed by atoms with E-state index in [2.05, 4.69) is 15.6 Å². The molecule has 1 aliphatic heterocycles. The van der Waals surface area contributed by atoms with Crippen molar-refractivity contribution in [1.82, 2.24) is 10.3 Å². The molecular weight excluding hydrogens is 268 g/mol. The highest BCUT2D eigenvalue weighted by Gasteiger charge is 2.19. The molecule has 1 saturated heterocycles. The average molecular weight is 286 g/mol. The number of carbonyl (C=O) groups is 1. The van der Waals surface area contributed by atoms with Gasteiger partial charge in [0.15, 0.2) is 5.13 Å². The molecule has 1 fully saturated rings. The van der Waals surface area contributed by atoms with E-state index in [1.165, 1.54) is 23.5 Å². The van der Waals surface area contributed by atoms with E-state index in [0.29, 0.717) is 21.7 Å². The van der Waals surface area contributed by atoms with Crippen LogP contribution in [0.1, 0.15) is 23.0 Å². The van der Waals surface area contributed by atoms with Gasteiger partial charge in [0, 0.05) is 13.1 Å². The SMILES string of the molecule is CCNc1nc(N)c(C(=O)NCC2CCSC2)s1. The van der Waals surface area contributed by atoms with Gasteiger partial charge >= 0.3 is 0 Å². The average Bonchev–Trinajstić information content (AvgIpc) is 2.96. The van der Waals surface area contributed by atoms with E-state index >= 15 is 0 Å². The van der Waals surface area contributed by atoms with Gasteiger partial charge in [0.1, 0.15) is 10.7 Å². The van der Waals surface area contributed by atoms with Crippen molar-refractivity contribution in [2.24, 2.45) is 5.92 Å². The van der Waals surface area contributed by atoms with Crippen molar-refractivity contribution in [2.45, 2.75) is 13.3 Å². The Morgan fingerprint density at radius 1 is 1.61 bits per heavy atom. The van der Waals surface area contributed by atoms with Gasteiger partial charge in [-0.2, -0.15) is 11.8 Å². The minimum Gasteiger partial charge on any atom is -0.382 e. The zero-order chi connectivity index (χ0) is 13.0. The minimum atomic E-state index is -0.106. The molecule has 7 heteroatoms. The van der Waals surface area contributed by atoms with Crippen molar-refractivity contribution in [3.8, 4) is 0 Å². The van der Waals surface area contributed by atoms with Gasteiger partial charge in [-0.1, -0.05) is 11.3 Å². The van der Waals surface area contributed by atoms with E-state index in [0.717, 1.165) is 18.8 Å². The number of thioether (sulfide) groups is 1. The van der Waals surface area contributed by atoms with Crippen molar-refractivity contribution < 1.29 is 4.79 Å². The zero-order valence-electron chi connectivity index (χ0n) is 10.4. The van der Waals surface area contributed by atoms with Crippen LogP contribution < -0.4 is 16.4 Å². The first-order valence-corrected chi connectivity index (χ1v) is 8.04. The topological polar surface area (TPSA) is 80.0 Å². The number of nitrogen functional groups attached to an aromatic ring is 1. The Bertz CT molecular complexity index is 415. The van der Waals surface area contributed by atoms with Crippen LogP contribution in [0.3, 0.4) is 0 Å². The predicted octanol–water partition coefficient (Wildman–Crippen LogP) is 1.64. The van der Waals surface area contributed by atoms with Crippen molar-refractivity contribution in [3.63, 3.8) is 0 Å². The molecule has 0 radical (unpaired) electrons. The van der Waals surface area contributed by atoms with Crippen molar-refractivity contribution in [2.75, 3.05) is 35.6 Å². The second kappa shape index (κ2) is 6.29. The summed E-state index contributed by atoms with van der Waals surface area (Å²) in [6.45, 7) is 3.49. The third-order valence-electron chi connectivity index (χ3n) is 2.76. The van der Waals surface area contributed by atoms with Crippen molar-refractivity contribution in [1.29, 1.82) is 0 Å². The Morgan fingerprint density at radius 3 is 3.11 bits per heavy atom. The highest BCUT2D eigenvalue weighted by Crippen LogP contribution is 2.25. The highest BCUT2D eigenvalue weighted by molar-refractivity contribution is 7.99. The quantitative estimate of drug-likeness (QED) is 0.767. The van der Waals surface area contributed by atoms with Crippen LogP contribution in [0.25, 0.3) is 0 Å². The molecule has 18 heavy (non-hydrogen) atoms. The molecule has 0 spiro atoms. The van der Waals surface area contributed by atoms with Crippen LogP contribution in [0.4, 0.5) is 10.9 Å². The van der Waals surface area contributed by atoms with Crippen LogP contribution in [-0.2, 0) is 0 Å². The maximum absolute atomic E-state index is 12.0. The molecule has 2 heterocycles. The molecule has 0 bridgehead atoms. The molecule has 1 unspecified atom stereocenters. The third kappa shape index (κ3) is 3.29. The second-order valence-electron chi connectivity index (χ2n) is 4.20. The molecule has 4 N–H and O–H groups in total. The second-order valence-corrected chi connectivity index (χ2v) is 6.35. The molecule has 0 aliphatic carbocycles. The van der Waals surface area contributed by atoms with Gasteiger partial charge in [0.25, 0.3) is 5.91 Å². The molecule has 1 aromatic rings. The first-order valence-electron chi connectivity index (χ1n) is 6.06. The normalized spacial score (nSPS) is 18.8. The summed E-state index contributed by atoms with van der Waals surface area (Å²) < 4.78 is 0. The highest BCUT2D eigenvalue weighted by atomic mass is 32.2. The van der Waals surface area contributed by atoms with E-state index in [4.69, 9.17) is 5.73 Å². The number of aromatic nitrogens is 1. The summed E-state index contributed by atoms with van der Waals surface area (Å²) >= 11 is 3.26. The molecule has 5 nitrogen and oxygen atoms in total. The van der Waals surface area contributed by atoms with Crippen LogP contribution in [-0.4, -0.2) is 35.5 Å². The van der Waals surface area contributed by atoms with Gasteiger partial charge in [-0.25, -0.2) is 4.98 Å². The number of carbonyl (C=O) groups excluding carboxylic acids is 1.